The van der Waals surface area contributed by atoms with Gasteiger partial charge in [-0.05, 0) is 5.56 Å². The van der Waals surface area contributed by atoms with E-state index in [1.807, 2.05) is 20.4 Å². The van der Waals surface area contributed by atoms with Gasteiger partial charge >= 0.3 is 6.18 Å². The van der Waals surface area contributed by atoms with Crippen molar-refractivity contribution in [1.29, 1.82) is 0 Å². The van der Waals surface area contributed by atoms with Crippen LogP contribution in [-0.4, -0.2) is 20.4 Å². The number of hydrogen-bond donors (Lipinski definition) is 0. The molecule has 0 unspecified atom stereocenters. The molecule has 0 saturated carbocycles. The Morgan fingerprint density at radius 3 is 1.67 bits per heavy atom. The Morgan fingerprint density at radius 1 is 1.06 bits per heavy atom. The first-order valence-electron chi connectivity index (χ1n) is 3.87. The first-order chi connectivity index (χ1) is 8.05. The van der Waals surface area contributed by atoms with Crippen LogP contribution in [-0.2, 0) is 37.6 Å². The predicted molar refractivity (Wildman–Crippen MR) is 58.5 cm³/mol. The van der Waals surface area contributed by atoms with E-state index in [0.717, 1.165) is 6.07 Å². The topological polar surface area (TPSA) is 51.2 Å². The quantitative estimate of drug-likeness (QED) is 0.592. The number of alkyl halides is 3. The third-order valence-corrected chi connectivity index (χ3v) is 1.37. The maximum absolute atomic E-state index is 12.0. The van der Waals surface area contributed by atoms with Crippen molar-refractivity contribution in [3.63, 3.8) is 0 Å². The minimum absolute atomic E-state index is 0. The summed E-state index contributed by atoms with van der Waals surface area (Å²) < 4.78 is 36.1. The van der Waals surface area contributed by atoms with Crippen LogP contribution in [0.4, 0.5) is 13.2 Å². The van der Waals surface area contributed by atoms with E-state index in [0.29, 0.717) is 0 Å². The Bertz CT molecular complexity index is 306. The Balaban J connectivity index is -0.000000123. The van der Waals surface area contributed by atoms with Crippen molar-refractivity contribution < 1.29 is 44.6 Å². The van der Waals surface area contributed by atoms with Crippen LogP contribution in [0.2, 0.25) is 0 Å². The smallest absolute Gasteiger partial charge is 0.307 e. The van der Waals surface area contributed by atoms with Gasteiger partial charge in [0.15, 0.2) is 0 Å². The molecule has 3 nitrogen and oxygen atoms in total. The van der Waals surface area contributed by atoms with E-state index < -0.39 is 11.7 Å². The van der Waals surface area contributed by atoms with Gasteiger partial charge in [-0.2, -0.15) is 31.9 Å². The summed E-state index contributed by atoms with van der Waals surface area (Å²) in [6.07, 6.45) is -3.06. The molecule has 0 N–H and O–H groups in total. The third-order valence-electron chi connectivity index (χ3n) is 1.37. The summed E-state index contributed by atoms with van der Waals surface area (Å²) in [7, 11) is 0. The van der Waals surface area contributed by atoms with Crippen molar-refractivity contribution in [1.82, 2.24) is 0 Å². The number of halogens is 3. The van der Waals surface area contributed by atoms with Gasteiger partial charge in [0, 0.05) is 17.1 Å². The predicted octanol–water partition coefficient (Wildman–Crippen LogP) is 2.51. The van der Waals surface area contributed by atoms with Gasteiger partial charge in [-0.25, -0.2) is 0 Å². The molecule has 0 aliphatic heterocycles. The monoisotopic (exact) mass is 304 g/mol. The molecule has 0 aliphatic rings. The van der Waals surface area contributed by atoms with Gasteiger partial charge in [0.2, 0.25) is 0 Å². The molecule has 0 atom stereocenters. The second-order valence-electron chi connectivity index (χ2n) is 2.10. The fourth-order valence-corrected chi connectivity index (χ4v) is 0.870. The summed E-state index contributed by atoms with van der Waals surface area (Å²) in [6, 6.07) is 3.78. The molecule has 0 spiro atoms. The normalized spacial score (nSPS) is 7.72. The van der Waals surface area contributed by atoms with E-state index in [2.05, 4.69) is 6.58 Å². The fraction of sp³-hybridized carbons (Fsp3) is 0.0909. The summed E-state index contributed by atoms with van der Waals surface area (Å²) in [6.45, 7) is 9.28. The largest absolute Gasteiger partial charge is 0.399 e. The van der Waals surface area contributed by atoms with Crippen LogP contribution in [0.1, 0.15) is 11.1 Å². The van der Waals surface area contributed by atoms with Crippen LogP contribution in [0.25, 0.3) is 6.08 Å². The summed E-state index contributed by atoms with van der Waals surface area (Å²) >= 11 is 0. The minimum atomic E-state index is -4.26. The van der Waals surface area contributed by atoms with Crippen molar-refractivity contribution in [2.24, 2.45) is 0 Å². The van der Waals surface area contributed by atoms with E-state index in [1.54, 1.807) is 0 Å². The average Bonchev–Trinajstić information content (AvgIpc) is 2.85. The van der Waals surface area contributed by atoms with Gasteiger partial charge in [0.25, 0.3) is 0 Å². The molecule has 103 valence electrons. The molecule has 0 fully saturated rings. The summed E-state index contributed by atoms with van der Waals surface area (Å²) in [5.74, 6) is 0. The Kier molecular flexibility index (Phi) is 21.7. The van der Waals surface area contributed by atoms with E-state index in [9.17, 15) is 13.2 Å². The number of hydrogen-bond acceptors (Lipinski definition) is 3. The molecule has 7 heteroatoms. The number of carbonyl (C=O) groups excluding carboxylic acids is 3. The SMILES string of the molecule is C=C[c-]1cccc1C(F)(F)F.C=O.C=O.C=O.[Mn]. The summed E-state index contributed by atoms with van der Waals surface area (Å²) in [5.41, 5.74) is -0.481. The molecule has 0 heterocycles. The maximum Gasteiger partial charge on any atom is 0.399 e. The van der Waals surface area contributed by atoms with Crippen LogP contribution in [0.5, 0.6) is 0 Å². The van der Waals surface area contributed by atoms with Gasteiger partial charge in [0.05, 0.1) is 0 Å². The second kappa shape index (κ2) is 15.4. The number of rotatable bonds is 1. The summed E-state index contributed by atoms with van der Waals surface area (Å²) in [5, 5.41) is 0. The van der Waals surface area contributed by atoms with Crippen LogP contribution in [0.3, 0.4) is 0 Å². The Morgan fingerprint density at radius 2 is 1.44 bits per heavy atom. The third kappa shape index (κ3) is 9.62. The molecular weight excluding hydrogens is 292 g/mol. The van der Waals surface area contributed by atoms with Crippen molar-refractivity contribution in [2.75, 3.05) is 0 Å². The van der Waals surface area contributed by atoms with E-state index >= 15 is 0 Å². The zero-order chi connectivity index (χ0) is 14.5. The van der Waals surface area contributed by atoms with Crippen molar-refractivity contribution in [2.45, 2.75) is 6.18 Å². The Hall–Kier alpha value is -1.59. The van der Waals surface area contributed by atoms with Gasteiger partial charge in [0.1, 0.15) is 20.4 Å². The van der Waals surface area contributed by atoms with E-state index in [1.165, 1.54) is 18.2 Å². The molecule has 1 aromatic rings. The van der Waals surface area contributed by atoms with Crippen LogP contribution in [0.15, 0.2) is 24.8 Å². The first kappa shape index (κ1) is 25.3. The molecule has 18 heavy (non-hydrogen) atoms. The van der Waals surface area contributed by atoms with Gasteiger partial charge in [-0.3, -0.25) is 0 Å². The van der Waals surface area contributed by atoms with E-state index in [-0.39, 0.29) is 22.6 Å². The molecule has 0 aromatic heterocycles. The van der Waals surface area contributed by atoms with Gasteiger partial charge in [-0.1, -0.05) is 0 Å². The van der Waals surface area contributed by atoms with Gasteiger partial charge in [-0.15, -0.1) is 17.7 Å². The van der Waals surface area contributed by atoms with Crippen LogP contribution in [0, 0.1) is 0 Å². The molecule has 0 amide bonds. The molecule has 0 saturated heterocycles. The van der Waals surface area contributed by atoms with Crippen LogP contribution < -0.4 is 0 Å². The Labute approximate surface area is 114 Å². The van der Waals surface area contributed by atoms with Crippen molar-refractivity contribution in [3.05, 3.63) is 35.9 Å². The van der Waals surface area contributed by atoms with Crippen molar-refractivity contribution >= 4 is 26.4 Å². The molecule has 1 rings (SSSR count). The molecular formula is C11H12F3MnO3-. The van der Waals surface area contributed by atoms with Crippen LogP contribution >= 0.6 is 0 Å². The van der Waals surface area contributed by atoms with E-state index in [4.69, 9.17) is 14.4 Å². The molecule has 1 aromatic carbocycles. The minimum Gasteiger partial charge on any atom is -0.307 e. The zero-order valence-electron chi connectivity index (χ0n) is 9.37. The first-order valence-corrected chi connectivity index (χ1v) is 3.87. The second-order valence-corrected chi connectivity index (χ2v) is 2.10. The summed E-state index contributed by atoms with van der Waals surface area (Å²) in [4.78, 5) is 24.0. The van der Waals surface area contributed by atoms with Crippen molar-refractivity contribution in [3.8, 4) is 0 Å². The average molecular weight is 304 g/mol. The fourth-order valence-electron chi connectivity index (χ4n) is 0.870. The molecule has 1 radical (unpaired) electrons. The number of carbonyl (C=O) groups is 3. The molecule has 0 aliphatic carbocycles. The van der Waals surface area contributed by atoms with Gasteiger partial charge < -0.3 is 14.4 Å². The zero-order valence-corrected chi connectivity index (χ0v) is 10.6. The maximum atomic E-state index is 12.0. The molecule has 0 bridgehead atoms. The standard InChI is InChI=1S/C8H6F3.3CH2O.Mn/c1-2-6-4-3-5-7(6)8(9,10)11;3*1-2;/h2-5H,1H2;3*1H2;/q-1;;;;.